The molecule has 0 unspecified atom stereocenters. The number of aliphatic imine (C=N–C) groups is 1. The van der Waals surface area contributed by atoms with Gasteiger partial charge in [-0.3, -0.25) is 0 Å². The summed E-state index contributed by atoms with van der Waals surface area (Å²) in [6.45, 7) is 1.08. The molecule has 12 heteroatoms. The van der Waals surface area contributed by atoms with E-state index in [1.165, 1.54) is 29.6 Å². The van der Waals surface area contributed by atoms with Crippen LogP contribution in [0.25, 0.3) is 0 Å². The second-order valence-corrected chi connectivity index (χ2v) is 11.2. The molecule has 1 fully saturated rings. The quantitative estimate of drug-likeness (QED) is 0.393. The molecule has 2 heterocycles. The first-order valence-corrected chi connectivity index (χ1v) is 13.5. The standard InChI is InChI=1S/C26H23ClF3N3O4S/c1-36-19-7-9-23-21(16-19)25(31-22-14-17(26(28,29)30)6-8-24(22)37-23)32-10-3-11-33(13-12-32)38(34,35)20-5-2-4-18(27)15-20/h2,4-9,14-16H,3,10-13H2,1H3. The molecule has 5 rings (SSSR count). The third-order valence-electron chi connectivity index (χ3n) is 6.35. The third kappa shape index (κ3) is 5.18. The normalized spacial score (nSPS) is 16.4. The molecule has 2 aliphatic rings. The van der Waals surface area contributed by atoms with Crippen LogP contribution in [0, 0.1) is 0 Å². The number of fused-ring (bicyclic) bond motifs is 2. The van der Waals surface area contributed by atoms with Crippen LogP contribution in [0.15, 0.2) is 70.6 Å². The maximum atomic E-state index is 13.5. The van der Waals surface area contributed by atoms with E-state index in [0.717, 1.165) is 12.1 Å². The molecule has 3 aromatic carbocycles. The monoisotopic (exact) mass is 565 g/mol. The molecule has 0 aromatic heterocycles. The van der Waals surface area contributed by atoms with Crippen molar-refractivity contribution < 1.29 is 31.1 Å². The number of methoxy groups -OCH3 is 1. The van der Waals surface area contributed by atoms with E-state index in [1.807, 2.05) is 4.90 Å². The van der Waals surface area contributed by atoms with Gasteiger partial charge in [-0.25, -0.2) is 13.4 Å². The highest BCUT2D eigenvalue weighted by Crippen LogP contribution is 2.42. The van der Waals surface area contributed by atoms with Crippen molar-refractivity contribution in [2.45, 2.75) is 17.5 Å². The summed E-state index contributed by atoms with van der Waals surface area (Å²) in [7, 11) is -2.29. The van der Waals surface area contributed by atoms with Crippen molar-refractivity contribution in [2.24, 2.45) is 4.99 Å². The summed E-state index contributed by atoms with van der Waals surface area (Å²) in [6.07, 6.45) is -4.08. The topological polar surface area (TPSA) is 71.4 Å². The van der Waals surface area contributed by atoms with E-state index in [0.29, 0.717) is 40.9 Å². The Morgan fingerprint density at radius 1 is 0.974 bits per heavy atom. The van der Waals surface area contributed by atoms with Crippen molar-refractivity contribution in [3.8, 4) is 17.2 Å². The van der Waals surface area contributed by atoms with E-state index >= 15 is 0 Å². The fourth-order valence-corrected chi connectivity index (χ4v) is 6.19. The number of alkyl halides is 3. The lowest BCUT2D eigenvalue weighted by Crippen LogP contribution is -2.37. The van der Waals surface area contributed by atoms with Crippen LogP contribution < -0.4 is 9.47 Å². The molecule has 1 saturated heterocycles. The summed E-state index contributed by atoms with van der Waals surface area (Å²) in [5.74, 6) is 1.47. The zero-order chi connectivity index (χ0) is 27.1. The van der Waals surface area contributed by atoms with Gasteiger partial charge in [0.25, 0.3) is 0 Å². The molecule has 0 amide bonds. The van der Waals surface area contributed by atoms with Gasteiger partial charge in [-0.2, -0.15) is 17.5 Å². The SMILES string of the molecule is COc1ccc2c(c1)C(N1CCCN(S(=O)(=O)c3cccc(Cl)c3)CC1)=Nc1cc(C(F)(F)F)ccc1O2. The first kappa shape index (κ1) is 26.3. The zero-order valence-electron chi connectivity index (χ0n) is 20.2. The molecular weight excluding hydrogens is 543 g/mol. The predicted octanol–water partition coefficient (Wildman–Crippen LogP) is 5.95. The minimum Gasteiger partial charge on any atom is -0.497 e. The van der Waals surface area contributed by atoms with Gasteiger partial charge in [-0.05, 0) is 61.0 Å². The Bertz CT molecular complexity index is 1510. The van der Waals surface area contributed by atoms with E-state index in [1.54, 1.807) is 30.3 Å². The Kier molecular flexibility index (Phi) is 7.01. The molecule has 38 heavy (non-hydrogen) atoms. The molecule has 2 aliphatic heterocycles. The van der Waals surface area contributed by atoms with Gasteiger partial charge in [0.2, 0.25) is 10.0 Å². The molecule has 0 saturated carbocycles. The molecule has 0 radical (unpaired) electrons. The molecule has 7 nitrogen and oxygen atoms in total. The smallest absolute Gasteiger partial charge is 0.416 e. The van der Waals surface area contributed by atoms with Crippen LogP contribution >= 0.6 is 11.6 Å². The maximum absolute atomic E-state index is 13.5. The van der Waals surface area contributed by atoms with Crippen LogP contribution in [0.4, 0.5) is 18.9 Å². The van der Waals surface area contributed by atoms with Gasteiger partial charge >= 0.3 is 6.18 Å². The number of rotatable bonds is 3. The number of amidine groups is 1. The molecule has 3 aromatic rings. The number of nitrogens with zero attached hydrogens (tertiary/aromatic N) is 3. The average Bonchev–Trinajstić information content (AvgIpc) is 3.22. The number of benzene rings is 3. The van der Waals surface area contributed by atoms with Gasteiger partial charge < -0.3 is 14.4 Å². The average molecular weight is 566 g/mol. The zero-order valence-corrected chi connectivity index (χ0v) is 21.8. The van der Waals surface area contributed by atoms with Gasteiger partial charge in [0.15, 0.2) is 5.75 Å². The van der Waals surface area contributed by atoms with Gasteiger partial charge in [0, 0.05) is 31.2 Å². The second kappa shape index (κ2) is 10.1. The Balaban J connectivity index is 1.53. The summed E-state index contributed by atoms with van der Waals surface area (Å²) >= 11 is 6.02. The van der Waals surface area contributed by atoms with Crippen LogP contribution in [0.3, 0.4) is 0 Å². The summed E-state index contributed by atoms with van der Waals surface area (Å²) in [5.41, 5.74) is -0.293. The Labute approximate surface area is 223 Å². The van der Waals surface area contributed by atoms with Crippen molar-refractivity contribution in [1.29, 1.82) is 0 Å². The highest BCUT2D eigenvalue weighted by Gasteiger charge is 2.33. The van der Waals surface area contributed by atoms with E-state index in [4.69, 9.17) is 21.1 Å². The number of sulfonamides is 1. The van der Waals surface area contributed by atoms with Crippen molar-refractivity contribution >= 4 is 33.1 Å². The van der Waals surface area contributed by atoms with Crippen molar-refractivity contribution in [2.75, 3.05) is 33.3 Å². The van der Waals surface area contributed by atoms with E-state index < -0.39 is 21.8 Å². The number of halogens is 4. The highest BCUT2D eigenvalue weighted by atomic mass is 35.5. The second-order valence-electron chi connectivity index (χ2n) is 8.78. The van der Waals surface area contributed by atoms with Gasteiger partial charge in [0.1, 0.15) is 23.0 Å². The Morgan fingerprint density at radius 3 is 2.50 bits per heavy atom. The van der Waals surface area contributed by atoms with Crippen molar-refractivity contribution in [3.63, 3.8) is 0 Å². The lowest BCUT2D eigenvalue weighted by molar-refractivity contribution is -0.137. The van der Waals surface area contributed by atoms with E-state index in [9.17, 15) is 21.6 Å². The Morgan fingerprint density at radius 2 is 1.76 bits per heavy atom. The predicted molar refractivity (Wildman–Crippen MR) is 137 cm³/mol. The van der Waals surface area contributed by atoms with Crippen LogP contribution in [-0.4, -0.2) is 56.7 Å². The molecule has 0 aliphatic carbocycles. The first-order chi connectivity index (χ1) is 18.1. The lowest BCUT2D eigenvalue weighted by atomic mass is 10.1. The van der Waals surface area contributed by atoms with Crippen LogP contribution in [0.1, 0.15) is 17.5 Å². The number of hydrogen-bond donors (Lipinski definition) is 0. The van der Waals surface area contributed by atoms with Crippen LogP contribution in [0.5, 0.6) is 17.2 Å². The summed E-state index contributed by atoms with van der Waals surface area (Å²) in [6, 6.07) is 14.3. The maximum Gasteiger partial charge on any atom is 0.416 e. The highest BCUT2D eigenvalue weighted by molar-refractivity contribution is 7.89. The minimum atomic E-state index is -4.55. The van der Waals surface area contributed by atoms with Crippen LogP contribution in [-0.2, 0) is 16.2 Å². The van der Waals surface area contributed by atoms with E-state index in [2.05, 4.69) is 4.99 Å². The Hall–Kier alpha value is -3.28. The summed E-state index contributed by atoms with van der Waals surface area (Å²) in [4.78, 5) is 6.59. The molecule has 200 valence electrons. The minimum absolute atomic E-state index is 0.0256. The summed E-state index contributed by atoms with van der Waals surface area (Å²) in [5, 5.41) is 0.317. The lowest BCUT2D eigenvalue weighted by Gasteiger charge is -2.25. The fourth-order valence-electron chi connectivity index (χ4n) is 4.42. The number of hydrogen-bond acceptors (Lipinski definition) is 6. The van der Waals surface area contributed by atoms with Crippen molar-refractivity contribution in [1.82, 2.24) is 9.21 Å². The third-order valence-corrected chi connectivity index (χ3v) is 8.48. The molecule has 0 atom stereocenters. The number of ether oxygens (including phenoxy) is 2. The van der Waals surface area contributed by atoms with Gasteiger partial charge in [0.05, 0.1) is 23.1 Å². The first-order valence-electron chi connectivity index (χ1n) is 11.7. The van der Waals surface area contributed by atoms with Gasteiger partial charge in [-0.15, -0.1) is 0 Å². The molecular formula is C26H23ClF3N3O4S. The van der Waals surface area contributed by atoms with E-state index in [-0.39, 0.29) is 36.0 Å². The summed E-state index contributed by atoms with van der Waals surface area (Å²) < 4.78 is 79.7. The van der Waals surface area contributed by atoms with Crippen molar-refractivity contribution in [3.05, 3.63) is 76.8 Å². The molecule has 0 N–H and O–H groups in total. The van der Waals surface area contributed by atoms with Crippen LogP contribution in [0.2, 0.25) is 5.02 Å². The molecule has 0 spiro atoms. The fraction of sp³-hybridized carbons (Fsp3) is 0.269. The van der Waals surface area contributed by atoms with Gasteiger partial charge in [-0.1, -0.05) is 17.7 Å². The largest absolute Gasteiger partial charge is 0.497 e. The molecule has 0 bridgehead atoms.